The number of benzene rings is 2. The molecule has 0 radical (unpaired) electrons. The fourth-order valence-corrected chi connectivity index (χ4v) is 3.12. The van der Waals surface area contributed by atoms with Crippen LogP contribution in [0.2, 0.25) is 5.02 Å². The van der Waals surface area contributed by atoms with E-state index in [0.29, 0.717) is 5.69 Å². The molecule has 3 aromatic rings. The normalized spacial score (nSPS) is 11.2. The number of hydrogen-bond acceptors (Lipinski definition) is 2. The number of aromatic nitrogens is 2. The number of aryl methyl sites for hydroxylation is 2. The maximum Gasteiger partial charge on any atom is 0.111 e. The number of hydrogen-bond donors (Lipinski definition) is 1. The highest BCUT2D eigenvalue weighted by Crippen LogP contribution is 2.31. The van der Waals surface area contributed by atoms with Gasteiger partial charge in [-0.25, -0.2) is 4.98 Å². The molecule has 0 spiro atoms. The third-order valence-corrected chi connectivity index (χ3v) is 4.36. The van der Waals surface area contributed by atoms with Crippen molar-refractivity contribution in [2.45, 2.75) is 13.8 Å². The summed E-state index contributed by atoms with van der Waals surface area (Å²) in [5, 5.41) is 0.736. The van der Waals surface area contributed by atoms with Crippen LogP contribution in [-0.4, -0.2) is 9.55 Å². The van der Waals surface area contributed by atoms with Crippen molar-refractivity contribution in [3.05, 3.63) is 51.2 Å². The standard InChI is InChI=1S/C15H13BrClN3/c1-8-5-11(16)15(7-12(8)17)20-9(2)19-13-6-10(18)3-4-14(13)20/h3-7H,18H2,1-2H3. The van der Waals surface area contributed by atoms with Crippen LogP contribution >= 0.6 is 27.5 Å². The van der Waals surface area contributed by atoms with Crippen molar-refractivity contribution in [2.75, 3.05) is 5.73 Å². The zero-order chi connectivity index (χ0) is 14.4. The number of halogens is 2. The van der Waals surface area contributed by atoms with E-state index in [0.717, 1.165) is 37.6 Å². The Hall–Kier alpha value is -1.52. The van der Waals surface area contributed by atoms with Gasteiger partial charge in [0.05, 0.1) is 16.7 Å². The number of nitrogens with two attached hydrogens (primary N) is 1. The van der Waals surface area contributed by atoms with E-state index < -0.39 is 0 Å². The number of nitrogen functional groups attached to an aromatic ring is 1. The van der Waals surface area contributed by atoms with Crippen LogP contribution < -0.4 is 5.73 Å². The van der Waals surface area contributed by atoms with Crippen LogP contribution in [0.1, 0.15) is 11.4 Å². The van der Waals surface area contributed by atoms with E-state index in [1.54, 1.807) is 0 Å². The largest absolute Gasteiger partial charge is 0.399 e. The van der Waals surface area contributed by atoms with Crippen molar-refractivity contribution in [1.29, 1.82) is 0 Å². The summed E-state index contributed by atoms with van der Waals surface area (Å²) < 4.78 is 3.06. The first-order valence-corrected chi connectivity index (χ1v) is 7.35. The highest BCUT2D eigenvalue weighted by molar-refractivity contribution is 9.10. The molecule has 3 rings (SSSR count). The molecule has 0 aliphatic rings. The van der Waals surface area contributed by atoms with Crippen molar-refractivity contribution < 1.29 is 0 Å². The van der Waals surface area contributed by atoms with E-state index in [2.05, 4.69) is 25.5 Å². The lowest BCUT2D eigenvalue weighted by Crippen LogP contribution is -1.99. The summed E-state index contributed by atoms with van der Waals surface area (Å²) >= 11 is 9.86. The first kappa shape index (κ1) is 13.5. The summed E-state index contributed by atoms with van der Waals surface area (Å²) in [5.74, 6) is 0.895. The van der Waals surface area contributed by atoms with Crippen LogP contribution in [0.15, 0.2) is 34.8 Å². The second kappa shape index (κ2) is 4.79. The monoisotopic (exact) mass is 349 g/mol. The summed E-state index contributed by atoms with van der Waals surface area (Å²) in [7, 11) is 0. The fraction of sp³-hybridized carbons (Fsp3) is 0.133. The first-order valence-electron chi connectivity index (χ1n) is 6.18. The predicted molar refractivity (Wildman–Crippen MR) is 87.7 cm³/mol. The van der Waals surface area contributed by atoms with E-state index in [-0.39, 0.29) is 0 Å². The van der Waals surface area contributed by atoms with Crippen molar-refractivity contribution in [2.24, 2.45) is 0 Å². The molecule has 0 atom stereocenters. The molecule has 1 aromatic heterocycles. The fourth-order valence-electron chi connectivity index (χ4n) is 2.33. The summed E-state index contributed by atoms with van der Waals surface area (Å²) in [6.07, 6.45) is 0. The molecule has 0 bridgehead atoms. The summed E-state index contributed by atoms with van der Waals surface area (Å²) in [5.41, 5.74) is 10.4. The van der Waals surface area contributed by atoms with Crippen molar-refractivity contribution in [3.63, 3.8) is 0 Å². The van der Waals surface area contributed by atoms with E-state index in [1.807, 2.05) is 44.2 Å². The zero-order valence-electron chi connectivity index (χ0n) is 11.1. The molecular weight excluding hydrogens is 338 g/mol. The van der Waals surface area contributed by atoms with Gasteiger partial charge >= 0.3 is 0 Å². The Labute approximate surface area is 130 Å². The van der Waals surface area contributed by atoms with Crippen LogP contribution in [0.25, 0.3) is 16.7 Å². The van der Waals surface area contributed by atoms with Crippen molar-refractivity contribution >= 4 is 44.3 Å². The third kappa shape index (κ3) is 2.09. The Morgan fingerprint density at radius 2 is 1.95 bits per heavy atom. The van der Waals surface area contributed by atoms with Gasteiger partial charge in [0, 0.05) is 15.2 Å². The number of fused-ring (bicyclic) bond motifs is 1. The second-order valence-corrected chi connectivity index (χ2v) is 6.06. The smallest absolute Gasteiger partial charge is 0.111 e. The van der Waals surface area contributed by atoms with Gasteiger partial charge in [0.15, 0.2) is 0 Å². The highest BCUT2D eigenvalue weighted by Gasteiger charge is 2.13. The lowest BCUT2D eigenvalue weighted by Gasteiger charge is -2.11. The molecule has 102 valence electrons. The molecule has 0 saturated carbocycles. The Morgan fingerprint density at radius 3 is 2.70 bits per heavy atom. The third-order valence-electron chi connectivity index (χ3n) is 3.32. The van der Waals surface area contributed by atoms with Gasteiger partial charge in [-0.05, 0) is 65.7 Å². The molecule has 20 heavy (non-hydrogen) atoms. The average Bonchev–Trinajstić information content (AvgIpc) is 2.69. The van der Waals surface area contributed by atoms with Gasteiger partial charge in [-0.2, -0.15) is 0 Å². The van der Waals surface area contributed by atoms with Crippen LogP contribution in [0.5, 0.6) is 0 Å². The van der Waals surface area contributed by atoms with Crippen molar-refractivity contribution in [1.82, 2.24) is 9.55 Å². The molecule has 0 aliphatic carbocycles. The molecule has 0 saturated heterocycles. The SMILES string of the molecule is Cc1cc(Br)c(-n2c(C)nc3cc(N)ccc32)cc1Cl. The topological polar surface area (TPSA) is 43.8 Å². The highest BCUT2D eigenvalue weighted by atomic mass is 79.9. The molecule has 2 aromatic carbocycles. The predicted octanol–water partition coefficient (Wildman–Crippen LogP) is 4.64. The number of imidazole rings is 1. The minimum Gasteiger partial charge on any atom is -0.399 e. The van der Waals surface area contributed by atoms with Crippen molar-refractivity contribution in [3.8, 4) is 5.69 Å². The molecule has 0 unspecified atom stereocenters. The van der Waals surface area contributed by atoms with Gasteiger partial charge in [-0.15, -0.1) is 0 Å². The van der Waals surface area contributed by atoms with E-state index >= 15 is 0 Å². The van der Waals surface area contributed by atoms with Gasteiger partial charge < -0.3 is 5.73 Å². The molecule has 3 nitrogen and oxygen atoms in total. The van der Waals surface area contributed by atoms with Gasteiger partial charge in [-0.1, -0.05) is 11.6 Å². The molecule has 5 heteroatoms. The maximum atomic E-state index is 6.26. The Balaban J connectivity index is 2.35. The minimum atomic E-state index is 0.711. The zero-order valence-corrected chi connectivity index (χ0v) is 13.5. The summed E-state index contributed by atoms with van der Waals surface area (Å²) in [6.45, 7) is 3.95. The lowest BCUT2D eigenvalue weighted by atomic mass is 10.2. The van der Waals surface area contributed by atoms with Crippen LogP contribution in [0.4, 0.5) is 5.69 Å². The van der Waals surface area contributed by atoms with Gasteiger partial charge in [0.2, 0.25) is 0 Å². The van der Waals surface area contributed by atoms with Gasteiger partial charge in [0.25, 0.3) is 0 Å². The van der Waals surface area contributed by atoms with Crippen LogP contribution in [-0.2, 0) is 0 Å². The lowest BCUT2D eigenvalue weighted by molar-refractivity contribution is 0.994. The molecule has 0 amide bonds. The minimum absolute atomic E-state index is 0.711. The molecule has 0 aliphatic heterocycles. The van der Waals surface area contributed by atoms with E-state index in [9.17, 15) is 0 Å². The Kier molecular flexibility index (Phi) is 3.22. The number of anilines is 1. The molecule has 2 N–H and O–H groups in total. The average molecular weight is 351 g/mol. The summed E-state index contributed by atoms with van der Waals surface area (Å²) in [4.78, 5) is 4.56. The van der Waals surface area contributed by atoms with E-state index in [1.165, 1.54) is 0 Å². The number of rotatable bonds is 1. The quantitative estimate of drug-likeness (QED) is 0.650. The Morgan fingerprint density at radius 1 is 1.20 bits per heavy atom. The summed E-state index contributed by atoms with van der Waals surface area (Å²) in [6, 6.07) is 9.70. The molecular formula is C15H13BrClN3. The van der Waals surface area contributed by atoms with Gasteiger partial charge in [-0.3, -0.25) is 4.57 Å². The second-order valence-electron chi connectivity index (χ2n) is 4.80. The first-order chi connectivity index (χ1) is 9.47. The van der Waals surface area contributed by atoms with Gasteiger partial charge in [0.1, 0.15) is 5.82 Å². The van der Waals surface area contributed by atoms with Crippen LogP contribution in [0, 0.1) is 13.8 Å². The number of nitrogens with zero attached hydrogens (tertiary/aromatic N) is 2. The molecule has 0 fully saturated rings. The van der Waals surface area contributed by atoms with Crippen LogP contribution in [0.3, 0.4) is 0 Å². The van der Waals surface area contributed by atoms with E-state index in [4.69, 9.17) is 17.3 Å². The Bertz CT molecular complexity index is 824. The maximum absolute atomic E-state index is 6.26. The molecule has 1 heterocycles.